The van der Waals surface area contributed by atoms with Gasteiger partial charge in [0.2, 0.25) is 11.9 Å². The molecule has 0 aliphatic heterocycles. The largest absolute Gasteiger partial charge is 0.497 e. The van der Waals surface area contributed by atoms with Crippen LogP contribution in [-0.4, -0.2) is 46.6 Å². The number of nitrogens with one attached hydrogen (secondary N) is 4. The number of hydrogen-bond acceptors (Lipinski definition) is 8. The average Bonchev–Trinajstić information content (AvgIpc) is 2.92. The smallest absolute Gasteiger partial charge is 0.320 e. The lowest BCUT2D eigenvalue weighted by atomic mass is 10.0. The van der Waals surface area contributed by atoms with E-state index in [1.165, 1.54) is 6.08 Å². The number of methoxy groups -OCH3 is 2. The van der Waals surface area contributed by atoms with E-state index in [1.807, 2.05) is 45.0 Å². The molecule has 0 aliphatic carbocycles. The van der Waals surface area contributed by atoms with Gasteiger partial charge in [-0.25, -0.2) is 14.8 Å². The van der Waals surface area contributed by atoms with E-state index in [-0.39, 0.29) is 17.7 Å². The van der Waals surface area contributed by atoms with Crippen LogP contribution in [0.25, 0.3) is 22.2 Å². The van der Waals surface area contributed by atoms with Gasteiger partial charge in [-0.05, 0) is 62.7 Å². The lowest BCUT2D eigenvalue weighted by Gasteiger charge is -2.21. The molecule has 0 fully saturated rings. The van der Waals surface area contributed by atoms with Crippen molar-refractivity contribution in [2.75, 3.05) is 30.2 Å². The predicted molar refractivity (Wildman–Crippen MR) is 156 cm³/mol. The fraction of sp³-hybridized carbons (Fsp3) is 0.207. The van der Waals surface area contributed by atoms with Gasteiger partial charge in [-0.15, -0.1) is 0 Å². The van der Waals surface area contributed by atoms with Crippen molar-refractivity contribution in [1.29, 1.82) is 0 Å². The highest BCUT2D eigenvalue weighted by molar-refractivity contribution is 6.01. The van der Waals surface area contributed by atoms with Crippen molar-refractivity contribution < 1.29 is 19.1 Å². The number of aromatic nitrogens is 3. The molecule has 0 saturated heterocycles. The number of nitrogens with zero attached hydrogens (tertiary/aromatic N) is 3. The maximum Gasteiger partial charge on any atom is 0.320 e. The van der Waals surface area contributed by atoms with Crippen LogP contribution in [0, 0.1) is 0 Å². The number of rotatable bonds is 8. The Morgan fingerprint density at radius 3 is 2.23 bits per heavy atom. The van der Waals surface area contributed by atoms with Gasteiger partial charge in [0.1, 0.15) is 17.3 Å². The second-order valence-corrected chi connectivity index (χ2v) is 9.79. The van der Waals surface area contributed by atoms with Crippen molar-refractivity contribution in [3.8, 4) is 22.6 Å². The molecule has 2 heterocycles. The molecule has 0 unspecified atom stereocenters. The van der Waals surface area contributed by atoms with Crippen LogP contribution in [0.5, 0.6) is 11.5 Å². The van der Waals surface area contributed by atoms with Crippen LogP contribution in [-0.2, 0) is 4.79 Å². The third-order valence-corrected chi connectivity index (χ3v) is 5.57. The van der Waals surface area contributed by atoms with Gasteiger partial charge in [0.25, 0.3) is 0 Å². The van der Waals surface area contributed by atoms with E-state index in [0.717, 1.165) is 0 Å². The van der Waals surface area contributed by atoms with E-state index in [4.69, 9.17) is 14.5 Å². The van der Waals surface area contributed by atoms with Crippen molar-refractivity contribution >= 4 is 46.1 Å². The highest BCUT2D eigenvalue weighted by Gasteiger charge is 2.19. The Balaban J connectivity index is 1.78. The van der Waals surface area contributed by atoms with Crippen molar-refractivity contribution in [1.82, 2.24) is 20.3 Å². The Bertz CT molecular complexity index is 1560. The molecular formula is C29H31N7O4. The number of ether oxygens (including phenoxy) is 2. The van der Waals surface area contributed by atoms with Crippen LogP contribution >= 0.6 is 0 Å². The van der Waals surface area contributed by atoms with E-state index in [1.54, 1.807) is 44.7 Å². The minimum Gasteiger partial charge on any atom is -0.497 e. The van der Waals surface area contributed by atoms with Gasteiger partial charge in [0.05, 0.1) is 25.6 Å². The number of urea groups is 1. The monoisotopic (exact) mass is 541 g/mol. The summed E-state index contributed by atoms with van der Waals surface area (Å²) in [5.41, 5.74) is 2.33. The molecule has 4 rings (SSSR count). The fourth-order valence-electron chi connectivity index (χ4n) is 3.79. The van der Waals surface area contributed by atoms with Crippen LogP contribution in [0.4, 0.5) is 27.9 Å². The number of hydrogen-bond donors (Lipinski definition) is 4. The number of benzene rings is 2. The van der Waals surface area contributed by atoms with Gasteiger partial charge in [-0.1, -0.05) is 18.7 Å². The second-order valence-electron chi connectivity index (χ2n) is 9.79. The summed E-state index contributed by atoms with van der Waals surface area (Å²) in [6.07, 6.45) is 2.82. The van der Waals surface area contributed by atoms with E-state index < -0.39 is 11.6 Å². The normalized spacial score (nSPS) is 10.9. The highest BCUT2D eigenvalue weighted by atomic mass is 16.5. The van der Waals surface area contributed by atoms with Gasteiger partial charge < -0.3 is 25.4 Å². The van der Waals surface area contributed by atoms with Gasteiger partial charge in [0.15, 0.2) is 5.65 Å². The molecule has 0 spiro atoms. The van der Waals surface area contributed by atoms with Crippen LogP contribution < -0.4 is 30.7 Å². The second kappa shape index (κ2) is 11.7. The van der Waals surface area contributed by atoms with E-state index in [9.17, 15) is 9.59 Å². The Kier molecular flexibility index (Phi) is 8.13. The molecule has 4 N–H and O–H groups in total. The maximum absolute atomic E-state index is 12.9. The quantitative estimate of drug-likeness (QED) is 0.215. The van der Waals surface area contributed by atoms with Crippen molar-refractivity contribution in [2.45, 2.75) is 26.3 Å². The van der Waals surface area contributed by atoms with Gasteiger partial charge >= 0.3 is 6.03 Å². The van der Waals surface area contributed by atoms with Gasteiger partial charge in [0, 0.05) is 28.8 Å². The maximum atomic E-state index is 12.9. The number of carbonyl (C=O) groups excluding carboxylic acids is 2. The zero-order valence-corrected chi connectivity index (χ0v) is 23.0. The predicted octanol–water partition coefficient (Wildman–Crippen LogP) is 5.50. The van der Waals surface area contributed by atoms with E-state index in [0.29, 0.717) is 45.0 Å². The average molecular weight is 542 g/mol. The highest BCUT2D eigenvalue weighted by Crippen LogP contribution is 2.35. The third kappa shape index (κ3) is 6.81. The lowest BCUT2D eigenvalue weighted by Crippen LogP contribution is -2.43. The first-order valence-corrected chi connectivity index (χ1v) is 12.4. The number of carbonyl (C=O) groups is 2. The topological polar surface area (TPSA) is 139 Å². The Hall–Kier alpha value is -5.19. The van der Waals surface area contributed by atoms with Crippen LogP contribution in [0.3, 0.4) is 0 Å². The van der Waals surface area contributed by atoms with Crippen molar-refractivity contribution in [3.05, 3.63) is 67.4 Å². The van der Waals surface area contributed by atoms with Crippen LogP contribution in [0.2, 0.25) is 0 Å². The number of para-hydroxylation sites is 2. The zero-order chi connectivity index (χ0) is 28.9. The molecule has 0 aliphatic rings. The standard InChI is InChI=1S/C29H31N7O4/c1-7-24(37)31-22-10-8-9-11-23(22)32-27-30-16-18-14-21(17-12-19(39-5)15-20(13-17)40-6)26(33-25(18)34-27)35-28(38)36-29(2,3)4/h7-16H,1H2,2-6H3,(H,31,37)(H3,30,32,33,34,35,36,38). The minimum atomic E-state index is -0.464. The summed E-state index contributed by atoms with van der Waals surface area (Å²) in [5, 5.41) is 12.2. The van der Waals surface area contributed by atoms with Crippen LogP contribution in [0.15, 0.2) is 67.4 Å². The molecule has 0 atom stereocenters. The van der Waals surface area contributed by atoms with Gasteiger partial charge in [-0.3, -0.25) is 10.1 Å². The summed E-state index contributed by atoms with van der Waals surface area (Å²) in [7, 11) is 3.13. The molecular weight excluding hydrogens is 510 g/mol. The molecule has 2 aromatic carbocycles. The minimum absolute atomic E-state index is 0.251. The lowest BCUT2D eigenvalue weighted by molar-refractivity contribution is -0.111. The van der Waals surface area contributed by atoms with E-state index in [2.05, 4.69) is 37.8 Å². The fourth-order valence-corrected chi connectivity index (χ4v) is 3.79. The van der Waals surface area contributed by atoms with E-state index >= 15 is 0 Å². The first-order valence-electron chi connectivity index (χ1n) is 12.4. The summed E-state index contributed by atoms with van der Waals surface area (Å²) in [5.74, 6) is 1.35. The van der Waals surface area contributed by atoms with Crippen molar-refractivity contribution in [3.63, 3.8) is 0 Å². The molecule has 206 valence electrons. The molecule has 0 saturated carbocycles. The molecule has 4 aromatic rings. The van der Waals surface area contributed by atoms with Gasteiger partial charge in [-0.2, -0.15) is 4.98 Å². The molecule has 0 radical (unpaired) electrons. The summed E-state index contributed by atoms with van der Waals surface area (Å²) < 4.78 is 10.9. The number of fused-ring (bicyclic) bond motifs is 1. The number of anilines is 4. The molecule has 0 bridgehead atoms. The first kappa shape index (κ1) is 27.8. The summed E-state index contributed by atoms with van der Waals surface area (Å²) >= 11 is 0. The summed E-state index contributed by atoms with van der Waals surface area (Å²) in [6, 6.07) is 14.0. The van der Waals surface area contributed by atoms with Crippen LogP contribution in [0.1, 0.15) is 20.8 Å². The SMILES string of the molecule is C=CC(=O)Nc1ccccc1Nc1ncc2cc(-c3cc(OC)cc(OC)c3)c(NC(=O)NC(C)(C)C)nc2n1. The molecule has 40 heavy (non-hydrogen) atoms. The number of amides is 3. The summed E-state index contributed by atoms with van der Waals surface area (Å²) in [4.78, 5) is 38.4. The zero-order valence-electron chi connectivity index (χ0n) is 23.0. The molecule has 11 nitrogen and oxygen atoms in total. The number of pyridine rings is 1. The first-order chi connectivity index (χ1) is 19.1. The Morgan fingerprint density at radius 1 is 0.925 bits per heavy atom. The van der Waals surface area contributed by atoms with Crippen molar-refractivity contribution in [2.24, 2.45) is 0 Å². The molecule has 11 heteroatoms. The third-order valence-electron chi connectivity index (χ3n) is 5.57. The summed E-state index contributed by atoms with van der Waals surface area (Å²) in [6.45, 7) is 9.14. The molecule has 2 aromatic heterocycles. The Morgan fingerprint density at radius 2 is 1.60 bits per heavy atom. The Labute approximate surface area is 232 Å². The molecule has 3 amide bonds.